The van der Waals surface area contributed by atoms with E-state index in [4.69, 9.17) is 5.10 Å². The highest BCUT2D eigenvalue weighted by molar-refractivity contribution is 5.95. The van der Waals surface area contributed by atoms with Crippen LogP contribution >= 0.6 is 0 Å². The van der Waals surface area contributed by atoms with Crippen molar-refractivity contribution < 1.29 is 9.90 Å². The standard InChI is InChI=1S/C23H27N5O2/c1-27(2)17-8-10-18(11-9-17)28-15-20(16-6-4-3-5-7-16)22(26-28)25-21-14-24-13-12-19(21)23(29)30/h3-7,12-15,17-18H,8-11H2,1-2H3,(H,25,26)(H,29,30). The topological polar surface area (TPSA) is 83.3 Å². The normalized spacial score (nSPS) is 19.0. The molecule has 7 heteroatoms. The van der Waals surface area contributed by atoms with Crippen LogP contribution in [-0.4, -0.2) is 50.9 Å². The van der Waals surface area contributed by atoms with E-state index in [0.717, 1.165) is 36.8 Å². The zero-order valence-corrected chi connectivity index (χ0v) is 17.3. The van der Waals surface area contributed by atoms with E-state index in [-0.39, 0.29) is 5.56 Å². The molecule has 4 rings (SSSR count). The smallest absolute Gasteiger partial charge is 0.337 e. The summed E-state index contributed by atoms with van der Waals surface area (Å²) in [6.07, 6.45) is 9.53. The Balaban J connectivity index is 1.67. The Labute approximate surface area is 176 Å². The Kier molecular flexibility index (Phi) is 5.81. The average Bonchev–Trinajstić information content (AvgIpc) is 3.18. The van der Waals surface area contributed by atoms with Crippen molar-refractivity contribution in [2.24, 2.45) is 0 Å². The summed E-state index contributed by atoms with van der Waals surface area (Å²) in [7, 11) is 4.28. The molecule has 0 radical (unpaired) electrons. The van der Waals surface area contributed by atoms with Crippen LogP contribution in [0, 0.1) is 0 Å². The lowest BCUT2D eigenvalue weighted by Gasteiger charge is -2.32. The number of rotatable bonds is 6. The number of nitrogens with zero attached hydrogens (tertiary/aromatic N) is 4. The Morgan fingerprint density at radius 2 is 1.87 bits per heavy atom. The van der Waals surface area contributed by atoms with E-state index in [1.807, 2.05) is 35.0 Å². The summed E-state index contributed by atoms with van der Waals surface area (Å²) < 4.78 is 2.05. The van der Waals surface area contributed by atoms with Crippen LogP contribution in [0.15, 0.2) is 55.0 Å². The van der Waals surface area contributed by atoms with Gasteiger partial charge < -0.3 is 15.3 Å². The van der Waals surface area contributed by atoms with E-state index < -0.39 is 5.97 Å². The molecule has 1 saturated carbocycles. The van der Waals surface area contributed by atoms with E-state index in [1.165, 1.54) is 18.5 Å². The third-order valence-electron chi connectivity index (χ3n) is 5.89. The fourth-order valence-electron chi connectivity index (χ4n) is 4.15. The zero-order chi connectivity index (χ0) is 21.1. The van der Waals surface area contributed by atoms with E-state index >= 15 is 0 Å². The first-order valence-corrected chi connectivity index (χ1v) is 10.3. The van der Waals surface area contributed by atoms with Crippen LogP contribution in [0.25, 0.3) is 11.1 Å². The largest absolute Gasteiger partial charge is 0.478 e. The second-order valence-corrected chi connectivity index (χ2v) is 8.01. The molecule has 1 aromatic carbocycles. The van der Waals surface area contributed by atoms with Crippen LogP contribution in [0.5, 0.6) is 0 Å². The summed E-state index contributed by atoms with van der Waals surface area (Å²) >= 11 is 0. The third kappa shape index (κ3) is 4.21. The fourth-order valence-corrected chi connectivity index (χ4v) is 4.15. The van der Waals surface area contributed by atoms with Gasteiger partial charge in [-0.3, -0.25) is 9.67 Å². The Hall–Kier alpha value is -3.19. The molecule has 156 valence electrons. The minimum absolute atomic E-state index is 0.171. The monoisotopic (exact) mass is 405 g/mol. The second-order valence-electron chi connectivity index (χ2n) is 8.01. The van der Waals surface area contributed by atoms with Crippen LogP contribution in [0.1, 0.15) is 42.1 Å². The Morgan fingerprint density at radius 3 is 2.53 bits per heavy atom. The van der Waals surface area contributed by atoms with E-state index in [9.17, 15) is 9.90 Å². The third-order valence-corrected chi connectivity index (χ3v) is 5.89. The molecule has 1 fully saturated rings. The number of aromatic carboxylic acids is 1. The summed E-state index contributed by atoms with van der Waals surface area (Å²) in [5.74, 6) is -0.353. The lowest BCUT2D eigenvalue weighted by atomic mass is 9.90. The van der Waals surface area contributed by atoms with Crippen molar-refractivity contribution >= 4 is 17.5 Å². The molecule has 2 N–H and O–H groups in total. The number of hydrogen-bond acceptors (Lipinski definition) is 5. The SMILES string of the molecule is CN(C)C1CCC(n2cc(-c3ccccc3)c(Nc3cnccc3C(=O)O)n2)CC1. The first-order valence-electron chi connectivity index (χ1n) is 10.3. The molecule has 3 aromatic rings. The zero-order valence-electron chi connectivity index (χ0n) is 17.3. The van der Waals surface area contributed by atoms with Crippen molar-refractivity contribution in [1.29, 1.82) is 0 Å². The number of carboxylic acid groups (broad SMARTS) is 1. The predicted octanol–water partition coefficient (Wildman–Crippen LogP) is 4.43. The molecule has 30 heavy (non-hydrogen) atoms. The lowest BCUT2D eigenvalue weighted by Crippen LogP contribution is -2.32. The molecule has 2 heterocycles. The number of carboxylic acids is 1. The molecule has 0 bridgehead atoms. The quantitative estimate of drug-likeness (QED) is 0.631. The van der Waals surface area contributed by atoms with Gasteiger partial charge in [0.1, 0.15) is 0 Å². The van der Waals surface area contributed by atoms with E-state index in [2.05, 4.69) is 35.5 Å². The minimum atomic E-state index is -0.998. The summed E-state index contributed by atoms with van der Waals surface area (Å²) in [5, 5.41) is 17.6. The van der Waals surface area contributed by atoms with E-state index in [0.29, 0.717) is 23.6 Å². The van der Waals surface area contributed by atoms with Gasteiger partial charge in [0.25, 0.3) is 0 Å². The summed E-state index contributed by atoms with van der Waals surface area (Å²) in [5.41, 5.74) is 2.59. The van der Waals surface area contributed by atoms with Crippen LogP contribution in [0.2, 0.25) is 0 Å². The predicted molar refractivity (Wildman–Crippen MR) is 117 cm³/mol. The van der Waals surface area contributed by atoms with Gasteiger partial charge in [0.05, 0.1) is 23.5 Å². The number of aromatic nitrogens is 3. The van der Waals surface area contributed by atoms with Crippen LogP contribution in [-0.2, 0) is 0 Å². The van der Waals surface area contributed by atoms with Gasteiger partial charge in [0.2, 0.25) is 0 Å². The number of anilines is 2. The van der Waals surface area contributed by atoms with Gasteiger partial charge >= 0.3 is 5.97 Å². The summed E-state index contributed by atoms with van der Waals surface area (Å²) in [4.78, 5) is 18.0. The van der Waals surface area contributed by atoms with Crippen molar-refractivity contribution in [3.8, 4) is 11.1 Å². The van der Waals surface area contributed by atoms with Gasteiger partial charge in [0.15, 0.2) is 5.82 Å². The molecule has 7 nitrogen and oxygen atoms in total. The number of carbonyl (C=O) groups is 1. The highest BCUT2D eigenvalue weighted by atomic mass is 16.4. The van der Waals surface area contributed by atoms with Crippen molar-refractivity contribution in [2.45, 2.75) is 37.8 Å². The molecule has 0 saturated heterocycles. The maximum Gasteiger partial charge on any atom is 0.337 e. The number of nitrogens with one attached hydrogen (secondary N) is 1. The molecule has 0 atom stereocenters. The summed E-state index contributed by atoms with van der Waals surface area (Å²) in [6.45, 7) is 0. The average molecular weight is 406 g/mol. The number of benzene rings is 1. The molecule has 0 spiro atoms. The highest BCUT2D eigenvalue weighted by Gasteiger charge is 2.25. The molecule has 1 aliphatic rings. The van der Waals surface area contributed by atoms with Gasteiger partial charge in [-0.1, -0.05) is 30.3 Å². The number of hydrogen-bond donors (Lipinski definition) is 2. The van der Waals surface area contributed by atoms with Gasteiger partial charge in [-0.15, -0.1) is 0 Å². The molecule has 2 aromatic heterocycles. The molecular weight excluding hydrogens is 378 g/mol. The second kappa shape index (κ2) is 8.67. The molecule has 0 amide bonds. The van der Waals surface area contributed by atoms with Crippen molar-refractivity contribution in [3.63, 3.8) is 0 Å². The van der Waals surface area contributed by atoms with Gasteiger partial charge in [-0.25, -0.2) is 4.79 Å². The van der Waals surface area contributed by atoms with Crippen molar-refractivity contribution in [1.82, 2.24) is 19.7 Å². The Morgan fingerprint density at radius 1 is 1.13 bits per heavy atom. The summed E-state index contributed by atoms with van der Waals surface area (Å²) in [6, 6.07) is 12.5. The van der Waals surface area contributed by atoms with E-state index in [1.54, 1.807) is 0 Å². The maximum absolute atomic E-state index is 11.6. The first kappa shape index (κ1) is 20.1. The van der Waals surface area contributed by atoms with Gasteiger partial charge in [-0.05, 0) is 51.4 Å². The van der Waals surface area contributed by atoms with Crippen molar-refractivity contribution in [3.05, 3.63) is 60.6 Å². The highest BCUT2D eigenvalue weighted by Crippen LogP contribution is 2.35. The Bertz CT molecular complexity index is 1010. The van der Waals surface area contributed by atoms with Crippen LogP contribution in [0.4, 0.5) is 11.5 Å². The fraction of sp³-hybridized carbons (Fsp3) is 0.348. The van der Waals surface area contributed by atoms with Gasteiger partial charge in [-0.2, -0.15) is 5.10 Å². The maximum atomic E-state index is 11.6. The lowest BCUT2D eigenvalue weighted by molar-refractivity contribution is 0.0698. The van der Waals surface area contributed by atoms with Gasteiger partial charge in [0, 0.05) is 24.0 Å². The molecular formula is C23H27N5O2. The first-order chi connectivity index (χ1) is 14.5. The minimum Gasteiger partial charge on any atom is -0.478 e. The molecule has 0 aliphatic heterocycles. The molecule has 1 aliphatic carbocycles. The van der Waals surface area contributed by atoms with Crippen LogP contribution < -0.4 is 5.32 Å². The number of pyridine rings is 1. The van der Waals surface area contributed by atoms with Crippen LogP contribution in [0.3, 0.4) is 0 Å². The molecule has 0 unspecified atom stereocenters. The van der Waals surface area contributed by atoms with Crippen molar-refractivity contribution in [2.75, 3.05) is 19.4 Å².